The second-order valence-corrected chi connectivity index (χ2v) is 4.51. The van der Waals surface area contributed by atoms with E-state index < -0.39 is 5.97 Å². The number of amides is 1. The largest absolute Gasteiger partial charge is 0.477 e. The number of fused-ring (bicyclic) bond motifs is 1. The van der Waals surface area contributed by atoms with Gasteiger partial charge in [-0.2, -0.15) is 5.10 Å². The van der Waals surface area contributed by atoms with E-state index in [0.29, 0.717) is 17.8 Å². The molecule has 6 heteroatoms. The van der Waals surface area contributed by atoms with Gasteiger partial charge >= 0.3 is 5.97 Å². The molecule has 2 heterocycles. The summed E-state index contributed by atoms with van der Waals surface area (Å²) in [5, 5.41) is 15.2. The van der Waals surface area contributed by atoms with Crippen LogP contribution >= 0.6 is 0 Å². The fourth-order valence-electron chi connectivity index (χ4n) is 2.18. The number of aromatic carboxylic acids is 1. The van der Waals surface area contributed by atoms with Crippen LogP contribution in [0.5, 0.6) is 0 Å². The van der Waals surface area contributed by atoms with Crippen LogP contribution in [-0.2, 0) is 6.54 Å². The Labute approximate surface area is 108 Å². The fourth-order valence-corrected chi connectivity index (χ4v) is 2.18. The van der Waals surface area contributed by atoms with E-state index >= 15 is 0 Å². The van der Waals surface area contributed by atoms with Gasteiger partial charge in [0.1, 0.15) is 5.69 Å². The van der Waals surface area contributed by atoms with Crippen molar-refractivity contribution >= 4 is 11.9 Å². The molecule has 96 valence electrons. The number of nitrogens with zero attached hydrogens (tertiary/aromatic N) is 2. The molecular formula is C13H11N3O3. The lowest BCUT2D eigenvalue weighted by Gasteiger charge is -2.04. The molecule has 1 aromatic carbocycles. The summed E-state index contributed by atoms with van der Waals surface area (Å²) in [4.78, 5) is 24.3. The molecule has 0 saturated carbocycles. The number of aromatic nitrogens is 2. The van der Waals surface area contributed by atoms with Crippen LogP contribution in [0.1, 0.15) is 26.4 Å². The van der Waals surface area contributed by atoms with Gasteiger partial charge in [-0.3, -0.25) is 9.89 Å². The summed E-state index contributed by atoms with van der Waals surface area (Å²) in [6.45, 7) is 0.607. The average Bonchev–Trinajstić information content (AvgIpc) is 2.96. The van der Waals surface area contributed by atoms with E-state index in [1.165, 1.54) is 6.07 Å². The first kappa shape index (κ1) is 11.5. The monoisotopic (exact) mass is 257 g/mol. The Morgan fingerprint density at radius 3 is 2.89 bits per heavy atom. The molecule has 6 nitrogen and oxygen atoms in total. The zero-order valence-electron chi connectivity index (χ0n) is 10.2. The standard InChI is InChI=1S/C13H11N3O3/c1-16-6-8-3-2-7(4-9(8)12(16)17)10-5-11(13(18)19)15-14-10/h2-5H,6H2,1H3,(H,14,15)(H,18,19). The number of carbonyl (C=O) groups is 2. The molecule has 1 aromatic heterocycles. The maximum Gasteiger partial charge on any atom is 0.353 e. The molecule has 3 rings (SSSR count). The third kappa shape index (κ3) is 1.77. The molecule has 19 heavy (non-hydrogen) atoms. The van der Waals surface area contributed by atoms with Crippen LogP contribution in [0.25, 0.3) is 11.3 Å². The first-order valence-electron chi connectivity index (χ1n) is 5.74. The number of hydrogen-bond donors (Lipinski definition) is 2. The summed E-state index contributed by atoms with van der Waals surface area (Å²) in [6.07, 6.45) is 0. The second kappa shape index (κ2) is 3.94. The number of benzene rings is 1. The number of aromatic amines is 1. The van der Waals surface area contributed by atoms with Gasteiger partial charge in [-0.05, 0) is 17.7 Å². The number of carboxylic acids is 1. The van der Waals surface area contributed by atoms with Gasteiger partial charge in [0.15, 0.2) is 0 Å². The summed E-state index contributed by atoms with van der Waals surface area (Å²) in [5.74, 6) is -1.08. The van der Waals surface area contributed by atoms with Crippen LogP contribution in [0.2, 0.25) is 0 Å². The second-order valence-electron chi connectivity index (χ2n) is 4.51. The van der Waals surface area contributed by atoms with Crippen molar-refractivity contribution in [2.24, 2.45) is 0 Å². The quantitative estimate of drug-likeness (QED) is 0.850. The Hall–Kier alpha value is -2.63. The van der Waals surface area contributed by atoms with E-state index in [9.17, 15) is 9.59 Å². The first-order valence-corrected chi connectivity index (χ1v) is 5.74. The average molecular weight is 257 g/mol. The highest BCUT2D eigenvalue weighted by Gasteiger charge is 2.24. The van der Waals surface area contributed by atoms with Crippen LogP contribution in [-0.4, -0.2) is 39.1 Å². The summed E-state index contributed by atoms with van der Waals surface area (Å²) < 4.78 is 0. The molecule has 2 N–H and O–H groups in total. The van der Waals surface area contributed by atoms with Crippen LogP contribution in [0.4, 0.5) is 0 Å². The highest BCUT2D eigenvalue weighted by molar-refractivity contribution is 5.99. The molecule has 1 aliphatic rings. The molecule has 1 aliphatic heterocycles. The van der Waals surface area contributed by atoms with Crippen LogP contribution < -0.4 is 0 Å². The molecule has 2 aromatic rings. The lowest BCUT2D eigenvalue weighted by Crippen LogP contribution is -2.17. The highest BCUT2D eigenvalue weighted by atomic mass is 16.4. The predicted molar refractivity (Wildman–Crippen MR) is 66.8 cm³/mol. The van der Waals surface area contributed by atoms with Gasteiger partial charge in [0.05, 0.1) is 5.69 Å². The van der Waals surface area contributed by atoms with Gasteiger partial charge in [0, 0.05) is 24.7 Å². The normalized spacial score (nSPS) is 13.7. The van der Waals surface area contributed by atoms with Crippen molar-refractivity contribution in [1.29, 1.82) is 0 Å². The van der Waals surface area contributed by atoms with Crippen molar-refractivity contribution in [3.05, 3.63) is 41.1 Å². The topological polar surface area (TPSA) is 86.3 Å². The highest BCUT2D eigenvalue weighted by Crippen LogP contribution is 2.27. The number of rotatable bonds is 2. The maximum atomic E-state index is 11.9. The smallest absolute Gasteiger partial charge is 0.353 e. The molecule has 0 atom stereocenters. The summed E-state index contributed by atoms with van der Waals surface area (Å²) in [7, 11) is 1.75. The molecule has 0 fully saturated rings. The zero-order valence-corrected chi connectivity index (χ0v) is 10.2. The third-order valence-corrected chi connectivity index (χ3v) is 3.20. The van der Waals surface area contributed by atoms with Crippen LogP contribution in [0, 0.1) is 0 Å². The van der Waals surface area contributed by atoms with Gasteiger partial charge < -0.3 is 10.0 Å². The molecule has 0 bridgehead atoms. The van der Waals surface area contributed by atoms with E-state index in [1.54, 1.807) is 18.0 Å². The van der Waals surface area contributed by atoms with E-state index in [-0.39, 0.29) is 11.6 Å². The Kier molecular flexibility index (Phi) is 2.38. The van der Waals surface area contributed by atoms with Gasteiger partial charge in [-0.25, -0.2) is 4.79 Å². The lowest BCUT2D eigenvalue weighted by atomic mass is 10.0. The van der Waals surface area contributed by atoms with E-state index in [1.807, 2.05) is 12.1 Å². The SMILES string of the molecule is CN1Cc2ccc(-c3cc(C(=O)O)[nH]n3)cc2C1=O. The number of nitrogens with one attached hydrogen (secondary N) is 1. The minimum atomic E-state index is -1.06. The molecule has 0 saturated heterocycles. The first-order chi connectivity index (χ1) is 9.06. The molecule has 1 amide bonds. The summed E-state index contributed by atoms with van der Waals surface area (Å²) >= 11 is 0. The zero-order chi connectivity index (χ0) is 13.6. The molecule has 0 unspecified atom stereocenters. The molecule has 0 aliphatic carbocycles. The fraction of sp³-hybridized carbons (Fsp3) is 0.154. The van der Waals surface area contributed by atoms with Gasteiger partial charge in [-0.15, -0.1) is 0 Å². The van der Waals surface area contributed by atoms with E-state index in [2.05, 4.69) is 10.2 Å². The number of hydrogen-bond acceptors (Lipinski definition) is 3. The van der Waals surface area contributed by atoms with Crippen molar-refractivity contribution in [2.45, 2.75) is 6.54 Å². The number of carbonyl (C=O) groups excluding carboxylic acids is 1. The van der Waals surface area contributed by atoms with Gasteiger partial charge in [-0.1, -0.05) is 12.1 Å². The number of carboxylic acid groups (broad SMARTS) is 1. The minimum absolute atomic E-state index is 0.0224. The maximum absolute atomic E-state index is 11.9. The molecule has 0 spiro atoms. The van der Waals surface area contributed by atoms with Crippen molar-refractivity contribution in [3.63, 3.8) is 0 Å². The molecular weight excluding hydrogens is 246 g/mol. The van der Waals surface area contributed by atoms with Crippen molar-refractivity contribution in [2.75, 3.05) is 7.05 Å². The van der Waals surface area contributed by atoms with Gasteiger partial charge in [0.25, 0.3) is 5.91 Å². The van der Waals surface area contributed by atoms with E-state index in [0.717, 1.165) is 11.1 Å². The lowest BCUT2D eigenvalue weighted by molar-refractivity contribution is 0.0690. The van der Waals surface area contributed by atoms with Crippen molar-refractivity contribution in [1.82, 2.24) is 15.1 Å². The van der Waals surface area contributed by atoms with Crippen molar-refractivity contribution < 1.29 is 14.7 Å². The Bertz CT molecular complexity index is 690. The minimum Gasteiger partial charge on any atom is -0.477 e. The molecule has 0 radical (unpaired) electrons. The van der Waals surface area contributed by atoms with E-state index in [4.69, 9.17) is 5.11 Å². The Morgan fingerprint density at radius 1 is 1.42 bits per heavy atom. The summed E-state index contributed by atoms with van der Waals surface area (Å²) in [6, 6.07) is 6.92. The Balaban J connectivity index is 2.03. The Morgan fingerprint density at radius 2 is 2.21 bits per heavy atom. The predicted octanol–water partition coefficient (Wildman–Crippen LogP) is 1.36. The number of H-pyrrole nitrogens is 1. The van der Waals surface area contributed by atoms with Crippen LogP contribution in [0.15, 0.2) is 24.3 Å². The van der Waals surface area contributed by atoms with Crippen LogP contribution in [0.3, 0.4) is 0 Å². The summed E-state index contributed by atoms with van der Waals surface area (Å²) in [5.41, 5.74) is 2.90. The van der Waals surface area contributed by atoms with Gasteiger partial charge in [0.2, 0.25) is 0 Å². The third-order valence-electron chi connectivity index (χ3n) is 3.20. The van der Waals surface area contributed by atoms with Crippen molar-refractivity contribution in [3.8, 4) is 11.3 Å².